The van der Waals surface area contributed by atoms with E-state index in [1.807, 2.05) is 13.8 Å². The first-order chi connectivity index (χ1) is 8.20. The highest BCUT2D eigenvalue weighted by Gasteiger charge is 2.00. The summed E-state index contributed by atoms with van der Waals surface area (Å²) in [5.74, 6) is -0.431. The minimum Gasteiger partial charge on any atom is -0.337 e. The summed E-state index contributed by atoms with van der Waals surface area (Å²) in [5.41, 5.74) is 0. The molecule has 0 aromatic carbocycles. The summed E-state index contributed by atoms with van der Waals surface area (Å²) < 4.78 is 0. The van der Waals surface area contributed by atoms with Gasteiger partial charge in [-0.1, -0.05) is 13.8 Å². The molecule has 0 atom stereocenters. The van der Waals surface area contributed by atoms with Crippen molar-refractivity contribution >= 4 is 24.2 Å². The second-order valence-corrected chi connectivity index (χ2v) is 3.24. The van der Waals surface area contributed by atoms with Gasteiger partial charge in [0, 0.05) is 0 Å². The molecule has 0 aromatic rings. The summed E-state index contributed by atoms with van der Waals surface area (Å²) in [6.07, 6.45) is 4.97. The van der Waals surface area contributed by atoms with Crippen molar-refractivity contribution in [2.45, 2.75) is 26.7 Å². The maximum absolute atomic E-state index is 11.2. The van der Waals surface area contributed by atoms with Crippen LogP contribution in [0.15, 0.2) is 9.98 Å². The van der Waals surface area contributed by atoms with E-state index in [1.54, 1.807) is 12.4 Å². The number of carbonyl (C=O) groups excluding carboxylic acids is 2. The molecule has 17 heavy (non-hydrogen) atoms. The Bertz CT molecular complexity index is 259. The molecule has 0 aliphatic carbocycles. The van der Waals surface area contributed by atoms with E-state index < -0.39 is 0 Å². The summed E-state index contributed by atoms with van der Waals surface area (Å²) in [7, 11) is 0. The molecule has 0 aliphatic rings. The molecule has 2 N–H and O–H groups in total. The smallest absolute Gasteiger partial charge is 0.243 e. The average molecular weight is 240 g/mol. The SMILES string of the molecule is CCC=NCC(=O)NCNC(=O)CN=CCC. The minimum atomic E-state index is -0.216. The molecule has 0 fully saturated rings. The van der Waals surface area contributed by atoms with Gasteiger partial charge in [-0.25, -0.2) is 0 Å². The first-order valence-electron chi connectivity index (χ1n) is 5.70. The van der Waals surface area contributed by atoms with Crippen LogP contribution < -0.4 is 10.6 Å². The third-order valence-electron chi connectivity index (χ3n) is 1.66. The zero-order valence-corrected chi connectivity index (χ0v) is 10.4. The molecule has 0 spiro atoms. The van der Waals surface area contributed by atoms with Crippen molar-refractivity contribution in [1.82, 2.24) is 10.6 Å². The highest BCUT2D eigenvalue weighted by molar-refractivity contribution is 5.82. The number of aliphatic imine (C=N–C) groups is 2. The quantitative estimate of drug-likeness (QED) is 0.467. The Morgan fingerprint density at radius 2 is 1.35 bits per heavy atom. The third kappa shape index (κ3) is 10.6. The fourth-order valence-corrected chi connectivity index (χ4v) is 0.906. The van der Waals surface area contributed by atoms with E-state index in [9.17, 15) is 9.59 Å². The summed E-state index contributed by atoms with van der Waals surface area (Å²) in [6, 6.07) is 0. The molecule has 0 aromatic heterocycles. The molecule has 0 unspecified atom stereocenters. The summed E-state index contributed by atoms with van der Waals surface area (Å²) in [5, 5.41) is 5.05. The van der Waals surface area contributed by atoms with Crippen molar-refractivity contribution in [1.29, 1.82) is 0 Å². The molecular weight excluding hydrogens is 220 g/mol. The summed E-state index contributed by atoms with van der Waals surface area (Å²) in [6.45, 7) is 4.19. The summed E-state index contributed by atoms with van der Waals surface area (Å²) in [4.78, 5) is 30.1. The maximum Gasteiger partial charge on any atom is 0.243 e. The Kier molecular flexibility index (Phi) is 9.70. The van der Waals surface area contributed by atoms with Gasteiger partial charge in [-0.05, 0) is 25.3 Å². The van der Waals surface area contributed by atoms with Gasteiger partial charge >= 0.3 is 0 Å². The van der Waals surface area contributed by atoms with Crippen molar-refractivity contribution in [3.63, 3.8) is 0 Å². The molecule has 0 aliphatic heterocycles. The largest absolute Gasteiger partial charge is 0.337 e. The minimum absolute atomic E-state index is 0.0949. The van der Waals surface area contributed by atoms with Gasteiger partial charge in [0.2, 0.25) is 11.8 Å². The Hall–Kier alpha value is -1.72. The van der Waals surface area contributed by atoms with Gasteiger partial charge in [-0.2, -0.15) is 0 Å². The van der Waals surface area contributed by atoms with Gasteiger partial charge in [-0.3, -0.25) is 19.6 Å². The predicted octanol–water partition coefficient (Wildman–Crippen LogP) is 0.138. The van der Waals surface area contributed by atoms with Crippen LogP contribution in [0, 0.1) is 0 Å². The number of hydrogen-bond donors (Lipinski definition) is 2. The van der Waals surface area contributed by atoms with Crippen LogP contribution in [-0.4, -0.2) is 44.0 Å². The molecule has 6 heteroatoms. The van der Waals surface area contributed by atoms with E-state index in [2.05, 4.69) is 20.6 Å². The normalized spacial score (nSPS) is 10.9. The van der Waals surface area contributed by atoms with Crippen LogP contribution >= 0.6 is 0 Å². The molecular formula is C11H20N4O2. The van der Waals surface area contributed by atoms with E-state index in [-0.39, 0.29) is 31.6 Å². The van der Waals surface area contributed by atoms with E-state index in [1.165, 1.54) is 0 Å². The van der Waals surface area contributed by atoms with Gasteiger partial charge in [0.05, 0.1) is 6.67 Å². The molecule has 0 radical (unpaired) electrons. The Labute approximate surface area is 102 Å². The second-order valence-electron chi connectivity index (χ2n) is 3.24. The number of rotatable bonds is 8. The van der Waals surface area contributed by atoms with Crippen LogP contribution in [0.3, 0.4) is 0 Å². The lowest BCUT2D eigenvalue weighted by atomic mass is 10.5. The summed E-state index contributed by atoms with van der Waals surface area (Å²) >= 11 is 0. The molecule has 0 bridgehead atoms. The number of carbonyl (C=O) groups is 2. The van der Waals surface area contributed by atoms with Crippen molar-refractivity contribution < 1.29 is 9.59 Å². The Morgan fingerprint density at radius 3 is 1.71 bits per heavy atom. The Morgan fingerprint density at radius 1 is 0.941 bits per heavy atom. The van der Waals surface area contributed by atoms with Gasteiger partial charge in [0.25, 0.3) is 0 Å². The van der Waals surface area contributed by atoms with Crippen LogP contribution in [0.5, 0.6) is 0 Å². The first-order valence-corrected chi connectivity index (χ1v) is 5.70. The van der Waals surface area contributed by atoms with Crippen LogP contribution in [0.1, 0.15) is 26.7 Å². The first kappa shape index (κ1) is 15.3. The molecule has 6 nitrogen and oxygen atoms in total. The lowest BCUT2D eigenvalue weighted by Gasteiger charge is -2.04. The van der Waals surface area contributed by atoms with E-state index in [0.717, 1.165) is 12.8 Å². The Balaban J connectivity index is 3.55. The van der Waals surface area contributed by atoms with Crippen molar-refractivity contribution in [3.8, 4) is 0 Å². The molecule has 96 valence electrons. The van der Waals surface area contributed by atoms with E-state index >= 15 is 0 Å². The standard InChI is InChI=1S/C11H20N4O2/c1-3-5-12-7-10(16)14-9-15-11(17)8-13-6-4-2/h5-6H,3-4,7-9H2,1-2H3,(H,14,16)(H,15,17). The number of hydrogen-bond acceptors (Lipinski definition) is 4. The lowest BCUT2D eigenvalue weighted by Crippen LogP contribution is -2.39. The molecule has 0 rings (SSSR count). The number of nitrogens with one attached hydrogen (secondary N) is 2. The predicted molar refractivity (Wildman–Crippen MR) is 68.5 cm³/mol. The molecule has 0 saturated heterocycles. The van der Waals surface area contributed by atoms with Crippen molar-refractivity contribution in [2.24, 2.45) is 9.98 Å². The molecule has 0 saturated carbocycles. The number of nitrogens with zero attached hydrogens (tertiary/aromatic N) is 2. The fourth-order valence-electron chi connectivity index (χ4n) is 0.906. The van der Waals surface area contributed by atoms with Gasteiger partial charge in [-0.15, -0.1) is 0 Å². The maximum atomic E-state index is 11.2. The highest BCUT2D eigenvalue weighted by atomic mass is 16.2. The van der Waals surface area contributed by atoms with Gasteiger partial charge in [0.15, 0.2) is 0 Å². The van der Waals surface area contributed by atoms with Crippen molar-refractivity contribution in [3.05, 3.63) is 0 Å². The van der Waals surface area contributed by atoms with Crippen LogP contribution in [0.25, 0.3) is 0 Å². The zero-order chi connectivity index (χ0) is 12.9. The fraction of sp³-hybridized carbons (Fsp3) is 0.636. The molecule has 2 amide bonds. The van der Waals surface area contributed by atoms with Gasteiger partial charge < -0.3 is 10.6 Å². The van der Waals surface area contributed by atoms with Crippen LogP contribution in [0.4, 0.5) is 0 Å². The average Bonchev–Trinajstić information content (AvgIpc) is 2.30. The second kappa shape index (κ2) is 10.8. The third-order valence-corrected chi connectivity index (χ3v) is 1.66. The van der Waals surface area contributed by atoms with E-state index in [0.29, 0.717) is 0 Å². The van der Waals surface area contributed by atoms with Gasteiger partial charge in [0.1, 0.15) is 13.1 Å². The highest BCUT2D eigenvalue weighted by Crippen LogP contribution is 1.74. The molecule has 0 heterocycles. The van der Waals surface area contributed by atoms with Crippen LogP contribution in [0.2, 0.25) is 0 Å². The monoisotopic (exact) mass is 240 g/mol. The van der Waals surface area contributed by atoms with Crippen LogP contribution in [-0.2, 0) is 9.59 Å². The number of amides is 2. The van der Waals surface area contributed by atoms with Crippen molar-refractivity contribution in [2.75, 3.05) is 19.8 Å². The topological polar surface area (TPSA) is 82.9 Å². The lowest BCUT2D eigenvalue weighted by molar-refractivity contribution is -0.121. The zero-order valence-electron chi connectivity index (χ0n) is 10.4. The van der Waals surface area contributed by atoms with E-state index in [4.69, 9.17) is 0 Å².